The number of nitrogens with one attached hydrogen (secondary N) is 2. The summed E-state index contributed by atoms with van der Waals surface area (Å²) >= 11 is 0. The fourth-order valence-corrected chi connectivity index (χ4v) is 3.43. The molecular formula is C18H30IN5O3. The fourth-order valence-electron chi connectivity index (χ4n) is 3.43. The van der Waals surface area contributed by atoms with Crippen molar-refractivity contribution in [1.82, 2.24) is 20.4 Å². The number of carbonyl (C=O) groups is 1. The van der Waals surface area contributed by atoms with Crippen LogP contribution in [0.3, 0.4) is 0 Å². The number of morpholine rings is 1. The van der Waals surface area contributed by atoms with Crippen molar-refractivity contribution in [3.63, 3.8) is 0 Å². The molecule has 2 fully saturated rings. The van der Waals surface area contributed by atoms with Crippen LogP contribution in [0.4, 0.5) is 0 Å². The van der Waals surface area contributed by atoms with Gasteiger partial charge in [-0.15, -0.1) is 24.0 Å². The lowest BCUT2D eigenvalue weighted by Gasteiger charge is -2.32. The number of halogens is 1. The molecule has 1 aromatic heterocycles. The molecule has 2 aliphatic heterocycles. The molecule has 0 saturated carbocycles. The molecule has 3 heterocycles. The van der Waals surface area contributed by atoms with E-state index >= 15 is 0 Å². The normalized spacial score (nSPS) is 21.0. The van der Waals surface area contributed by atoms with E-state index in [1.165, 1.54) is 6.26 Å². The van der Waals surface area contributed by atoms with Crippen LogP contribution >= 0.6 is 24.0 Å². The van der Waals surface area contributed by atoms with Crippen LogP contribution in [0.1, 0.15) is 23.9 Å². The first kappa shape index (κ1) is 22.0. The molecule has 0 spiro atoms. The second-order valence-electron chi connectivity index (χ2n) is 6.51. The SMILES string of the molecule is CCNC(=NCCNC(=O)c1ccco1)N1CCC(N2CCOCC2)C1.I. The number of guanidine groups is 1. The molecule has 1 unspecified atom stereocenters. The molecule has 1 aromatic rings. The summed E-state index contributed by atoms with van der Waals surface area (Å²) in [5.41, 5.74) is 0. The average molecular weight is 491 g/mol. The van der Waals surface area contributed by atoms with E-state index in [0.29, 0.717) is 24.9 Å². The monoisotopic (exact) mass is 491 g/mol. The molecule has 0 bridgehead atoms. The summed E-state index contributed by atoms with van der Waals surface area (Å²) in [5.74, 6) is 1.05. The van der Waals surface area contributed by atoms with Gasteiger partial charge in [-0.05, 0) is 25.5 Å². The van der Waals surface area contributed by atoms with Gasteiger partial charge in [-0.1, -0.05) is 0 Å². The highest BCUT2D eigenvalue weighted by Gasteiger charge is 2.30. The van der Waals surface area contributed by atoms with E-state index in [-0.39, 0.29) is 29.9 Å². The topological polar surface area (TPSA) is 82.3 Å². The van der Waals surface area contributed by atoms with Crippen LogP contribution < -0.4 is 10.6 Å². The molecule has 0 aliphatic carbocycles. The maximum absolute atomic E-state index is 11.9. The Hall–Kier alpha value is -1.33. The van der Waals surface area contributed by atoms with Gasteiger partial charge < -0.3 is 24.7 Å². The minimum absolute atomic E-state index is 0. The summed E-state index contributed by atoms with van der Waals surface area (Å²) in [6.45, 7) is 9.62. The molecule has 2 aliphatic rings. The van der Waals surface area contributed by atoms with Crippen LogP contribution in [0.5, 0.6) is 0 Å². The van der Waals surface area contributed by atoms with Gasteiger partial charge in [0.1, 0.15) is 0 Å². The summed E-state index contributed by atoms with van der Waals surface area (Å²) in [6, 6.07) is 3.93. The number of hydrogen-bond acceptors (Lipinski definition) is 5. The van der Waals surface area contributed by atoms with E-state index in [2.05, 4.69) is 32.3 Å². The predicted molar refractivity (Wildman–Crippen MR) is 115 cm³/mol. The number of aliphatic imine (C=N–C) groups is 1. The van der Waals surface area contributed by atoms with Gasteiger partial charge in [-0.25, -0.2) is 0 Å². The Morgan fingerprint density at radius 2 is 2.11 bits per heavy atom. The molecule has 3 rings (SSSR count). The smallest absolute Gasteiger partial charge is 0.287 e. The van der Waals surface area contributed by atoms with Gasteiger partial charge in [0.15, 0.2) is 11.7 Å². The summed E-state index contributed by atoms with van der Waals surface area (Å²) in [6.07, 6.45) is 2.65. The maximum Gasteiger partial charge on any atom is 0.287 e. The fraction of sp³-hybridized carbons (Fsp3) is 0.667. The molecule has 152 valence electrons. The summed E-state index contributed by atoms with van der Waals surface area (Å²) in [5, 5.41) is 6.19. The van der Waals surface area contributed by atoms with E-state index in [4.69, 9.17) is 9.15 Å². The van der Waals surface area contributed by atoms with E-state index in [1.807, 2.05) is 0 Å². The van der Waals surface area contributed by atoms with E-state index in [1.54, 1.807) is 12.1 Å². The summed E-state index contributed by atoms with van der Waals surface area (Å²) in [7, 11) is 0. The molecule has 0 aromatic carbocycles. The summed E-state index contributed by atoms with van der Waals surface area (Å²) < 4.78 is 10.5. The number of rotatable bonds is 6. The first-order chi connectivity index (χ1) is 12.8. The Morgan fingerprint density at radius 3 is 2.81 bits per heavy atom. The number of carbonyl (C=O) groups excluding carboxylic acids is 1. The standard InChI is InChI=1S/C18H29N5O3.HI/c1-2-19-18(21-7-6-20-17(24)16-4-3-11-26-16)23-8-5-15(14-23)22-9-12-25-13-10-22;/h3-4,11,15H,2,5-10,12-14H2,1H3,(H,19,21)(H,20,24);1H. The van der Waals surface area contributed by atoms with Crippen molar-refractivity contribution >= 4 is 35.8 Å². The van der Waals surface area contributed by atoms with Crippen molar-refractivity contribution in [2.45, 2.75) is 19.4 Å². The first-order valence-corrected chi connectivity index (χ1v) is 9.44. The average Bonchev–Trinajstić information content (AvgIpc) is 3.37. The van der Waals surface area contributed by atoms with Crippen LogP contribution in [0, 0.1) is 0 Å². The number of nitrogens with zero attached hydrogens (tertiary/aromatic N) is 3. The first-order valence-electron chi connectivity index (χ1n) is 9.44. The molecule has 8 nitrogen and oxygen atoms in total. The highest BCUT2D eigenvalue weighted by atomic mass is 127. The third-order valence-corrected chi connectivity index (χ3v) is 4.76. The van der Waals surface area contributed by atoms with Crippen molar-refractivity contribution < 1.29 is 13.9 Å². The number of ether oxygens (including phenoxy) is 1. The Bertz CT molecular complexity index is 590. The van der Waals surface area contributed by atoms with Gasteiger partial charge in [-0.2, -0.15) is 0 Å². The third kappa shape index (κ3) is 6.35. The largest absolute Gasteiger partial charge is 0.459 e. The molecule has 2 saturated heterocycles. The van der Waals surface area contributed by atoms with Crippen molar-refractivity contribution in [3.8, 4) is 0 Å². The van der Waals surface area contributed by atoms with Gasteiger partial charge in [-0.3, -0.25) is 14.7 Å². The van der Waals surface area contributed by atoms with Gasteiger partial charge in [0.25, 0.3) is 5.91 Å². The number of amides is 1. The molecule has 1 atom stereocenters. The van der Waals surface area contributed by atoms with Crippen LogP contribution in [0.2, 0.25) is 0 Å². The zero-order valence-electron chi connectivity index (χ0n) is 15.9. The molecule has 1 amide bonds. The number of hydrogen-bond donors (Lipinski definition) is 2. The Kier molecular flexibility index (Phi) is 9.35. The Balaban J connectivity index is 0.00000261. The highest BCUT2D eigenvalue weighted by molar-refractivity contribution is 14.0. The molecule has 27 heavy (non-hydrogen) atoms. The second kappa shape index (κ2) is 11.5. The quantitative estimate of drug-likeness (QED) is 0.268. The Morgan fingerprint density at radius 1 is 1.30 bits per heavy atom. The van der Waals surface area contributed by atoms with Crippen LogP contribution in [0.15, 0.2) is 27.8 Å². The maximum atomic E-state index is 11.9. The van der Waals surface area contributed by atoms with Crippen LogP contribution in [0.25, 0.3) is 0 Å². The minimum Gasteiger partial charge on any atom is -0.459 e. The molecule has 9 heteroatoms. The van der Waals surface area contributed by atoms with Gasteiger partial charge in [0, 0.05) is 45.3 Å². The van der Waals surface area contributed by atoms with Gasteiger partial charge >= 0.3 is 0 Å². The van der Waals surface area contributed by atoms with Crippen molar-refractivity contribution in [1.29, 1.82) is 0 Å². The molecule has 2 N–H and O–H groups in total. The van der Waals surface area contributed by atoms with E-state index < -0.39 is 0 Å². The Labute approximate surface area is 177 Å². The number of furan rings is 1. The zero-order valence-corrected chi connectivity index (χ0v) is 18.2. The highest BCUT2D eigenvalue weighted by Crippen LogP contribution is 2.17. The van der Waals surface area contributed by atoms with Crippen molar-refractivity contribution in [2.75, 3.05) is 59.0 Å². The third-order valence-electron chi connectivity index (χ3n) is 4.76. The van der Waals surface area contributed by atoms with Gasteiger partial charge in [0.05, 0.1) is 26.0 Å². The summed E-state index contributed by atoms with van der Waals surface area (Å²) in [4.78, 5) is 21.4. The van der Waals surface area contributed by atoms with E-state index in [0.717, 1.165) is 58.3 Å². The molecular weight excluding hydrogens is 461 g/mol. The minimum atomic E-state index is -0.205. The van der Waals surface area contributed by atoms with Crippen LogP contribution in [-0.2, 0) is 4.74 Å². The number of likely N-dealkylation sites (tertiary alicyclic amines) is 1. The lowest BCUT2D eigenvalue weighted by Crippen LogP contribution is -2.46. The van der Waals surface area contributed by atoms with Crippen LogP contribution in [-0.4, -0.2) is 86.7 Å². The molecule has 0 radical (unpaired) electrons. The van der Waals surface area contributed by atoms with Gasteiger partial charge in [0.2, 0.25) is 0 Å². The van der Waals surface area contributed by atoms with Crippen molar-refractivity contribution in [3.05, 3.63) is 24.2 Å². The second-order valence-corrected chi connectivity index (χ2v) is 6.51. The lowest BCUT2D eigenvalue weighted by atomic mass is 10.2. The predicted octanol–water partition coefficient (Wildman–Crippen LogP) is 0.999. The lowest BCUT2D eigenvalue weighted by molar-refractivity contribution is 0.0195. The van der Waals surface area contributed by atoms with Crippen molar-refractivity contribution in [2.24, 2.45) is 4.99 Å². The zero-order chi connectivity index (χ0) is 18.2. The van der Waals surface area contributed by atoms with E-state index in [9.17, 15) is 4.79 Å².